The van der Waals surface area contributed by atoms with Gasteiger partial charge < -0.3 is 15.5 Å². The van der Waals surface area contributed by atoms with E-state index in [1.54, 1.807) is 0 Å². The lowest BCUT2D eigenvalue weighted by molar-refractivity contribution is -0.138. The van der Waals surface area contributed by atoms with Crippen LogP contribution in [0.3, 0.4) is 0 Å². The molecule has 0 atom stereocenters. The number of phosphoric acid groups is 1. The number of carboxylic acid groups (broad SMARTS) is 2. The van der Waals surface area contributed by atoms with E-state index >= 15 is 0 Å². The Labute approximate surface area is 132 Å². The molecule has 1 amide bonds. The average Bonchev–Trinajstić information content (AvgIpc) is 2.86. The van der Waals surface area contributed by atoms with E-state index in [4.69, 9.17) is 23.8 Å². The third kappa shape index (κ3) is 5.43. The van der Waals surface area contributed by atoms with Crippen LogP contribution >= 0.6 is 7.82 Å². The molecule has 1 saturated heterocycles. The fraction of sp³-hybridized carbons (Fsp3) is 0.583. The molecule has 3 N–H and O–H groups in total. The molecule has 1 heterocycles. The van der Waals surface area contributed by atoms with Gasteiger partial charge in [0.2, 0.25) is 0 Å². The van der Waals surface area contributed by atoms with Gasteiger partial charge in [-0.1, -0.05) is 13.8 Å². The zero-order chi connectivity index (χ0) is 17.6. The SMILES string of the molecule is CC(C)/C(C(=O)O)=C(\C(=O)O)C(=O)NCCOP1(=O)OCCO1. The maximum absolute atomic E-state index is 11.9. The predicted molar refractivity (Wildman–Crippen MR) is 75.6 cm³/mol. The van der Waals surface area contributed by atoms with E-state index in [2.05, 4.69) is 5.32 Å². The summed E-state index contributed by atoms with van der Waals surface area (Å²) >= 11 is 0. The predicted octanol–water partition coefficient (Wildman–Crippen LogP) is 0.396. The van der Waals surface area contributed by atoms with E-state index in [0.717, 1.165) is 0 Å². The number of phosphoric ester groups is 1. The Balaban J connectivity index is 2.69. The minimum atomic E-state index is -3.60. The highest BCUT2D eigenvalue weighted by atomic mass is 31.2. The number of hydrogen-bond donors (Lipinski definition) is 3. The second-order valence-electron chi connectivity index (χ2n) is 4.76. The molecule has 0 aromatic carbocycles. The molecule has 0 unspecified atom stereocenters. The summed E-state index contributed by atoms with van der Waals surface area (Å²) in [4.78, 5) is 34.2. The summed E-state index contributed by atoms with van der Waals surface area (Å²) in [5.74, 6) is -4.87. The van der Waals surface area contributed by atoms with Crippen LogP contribution in [0, 0.1) is 5.92 Å². The Bertz CT molecular complexity index is 559. The van der Waals surface area contributed by atoms with Crippen molar-refractivity contribution >= 4 is 25.7 Å². The molecule has 1 aliphatic rings. The van der Waals surface area contributed by atoms with Crippen LogP contribution in [0.25, 0.3) is 0 Å². The molecule has 1 rings (SSSR count). The molecule has 1 fully saturated rings. The summed E-state index contributed by atoms with van der Waals surface area (Å²) < 4.78 is 26.0. The van der Waals surface area contributed by atoms with Crippen LogP contribution in [0.4, 0.5) is 0 Å². The number of nitrogens with one attached hydrogen (secondary N) is 1. The molecule has 0 radical (unpaired) electrons. The molecule has 0 spiro atoms. The van der Waals surface area contributed by atoms with Crippen LogP contribution in [0.1, 0.15) is 13.8 Å². The van der Waals surface area contributed by atoms with E-state index in [-0.39, 0.29) is 26.4 Å². The molecule has 23 heavy (non-hydrogen) atoms. The van der Waals surface area contributed by atoms with Gasteiger partial charge in [-0.15, -0.1) is 0 Å². The van der Waals surface area contributed by atoms with Crippen LogP contribution in [-0.2, 0) is 32.5 Å². The third-order valence-electron chi connectivity index (χ3n) is 2.74. The summed E-state index contributed by atoms with van der Waals surface area (Å²) in [5.41, 5.74) is -1.36. The second-order valence-corrected chi connectivity index (χ2v) is 6.43. The molecular formula is C12H18NO9P. The molecule has 1 aliphatic heterocycles. The lowest BCUT2D eigenvalue weighted by Gasteiger charge is -2.13. The van der Waals surface area contributed by atoms with Crippen LogP contribution in [0.5, 0.6) is 0 Å². The van der Waals surface area contributed by atoms with E-state index in [9.17, 15) is 18.9 Å². The highest BCUT2D eigenvalue weighted by Crippen LogP contribution is 2.52. The smallest absolute Gasteiger partial charge is 0.475 e. The van der Waals surface area contributed by atoms with Crippen molar-refractivity contribution in [1.82, 2.24) is 5.32 Å². The van der Waals surface area contributed by atoms with Crippen LogP contribution in [0.2, 0.25) is 0 Å². The van der Waals surface area contributed by atoms with E-state index in [1.165, 1.54) is 13.8 Å². The van der Waals surface area contributed by atoms with Crippen molar-refractivity contribution in [3.63, 3.8) is 0 Å². The van der Waals surface area contributed by atoms with Gasteiger partial charge in [-0.3, -0.25) is 18.4 Å². The second kappa shape index (κ2) is 8.21. The minimum absolute atomic E-state index is 0.131. The number of rotatable bonds is 8. The topological polar surface area (TPSA) is 148 Å². The Hall–Kier alpha value is -1.74. The Morgan fingerprint density at radius 3 is 2.17 bits per heavy atom. The summed E-state index contributed by atoms with van der Waals surface area (Å²) in [6, 6.07) is 0. The molecule has 130 valence electrons. The number of carboxylic acids is 2. The van der Waals surface area contributed by atoms with E-state index in [0.29, 0.717) is 0 Å². The summed E-state index contributed by atoms with van der Waals surface area (Å²) in [6.45, 7) is 2.74. The van der Waals surface area contributed by atoms with Crippen LogP contribution in [-0.4, -0.2) is 54.4 Å². The Morgan fingerprint density at radius 2 is 1.74 bits per heavy atom. The van der Waals surface area contributed by atoms with Crippen molar-refractivity contribution in [2.45, 2.75) is 13.8 Å². The van der Waals surface area contributed by atoms with Gasteiger partial charge >= 0.3 is 19.8 Å². The van der Waals surface area contributed by atoms with Gasteiger partial charge in [-0.05, 0) is 5.92 Å². The number of aliphatic carboxylic acids is 2. The lowest BCUT2D eigenvalue weighted by atomic mass is 9.96. The lowest BCUT2D eigenvalue weighted by Crippen LogP contribution is -2.33. The van der Waals surface area contributed by atoms with Gasteiger partial charge in [0, 0.05) is 6.54 Å². The fourth-order valence-corrected chi connectivity index (χ4v) is 2.93. The fourth-order valence-electron chi connectivity index (χ4n) is 1.80. The molecule has 0 aromatic heterocycles. The summed E-state index contributed by atoms with van der Waals surface area (Å²) in [5, 5.41) is 20.3. The van der Waals surface area contributed by atoms with Crippen molar-refractivity contribution in [2.24, 2.45) is 5.92 Å². The minimum Gasteiger partial charge on any atom is -0.478 e. The highest BCUT2D eigenvalue weighted by molar-refractivity contribution is 7.48. The first-order valence-corrected chi connectivity index (χ1v) is 8.16. The third-order valence-corrected chi connectivity index (χ3v) is 4.23. The van der Waals surface area contributed by atoms with Crippen molar-refractivity contribution in [3.8, 4) is 0 Å². The number of amides is 1. The summed E-state index contributed by atoms with van der Waals surface area (Å²) in [7, 11) is -3.60. The number of carbonyl (C=O) groups is 3. The normalized spacial score (nSPS) is 17.7. The van der Waals surface area contributed by atoms with Crippen LogP contribution in [0.15, 0.2) is 11.1 Å². The first kappa shape index (κ1) is 19.3. The van der Waals surface area contributed by atoms with Gasteiger partial charge in [0.15, 0.2) is 0 Å². The molecule has 0 aromatic rings. The van der Waals surface area contributed by atoms with Gasteiger partial charge in [-0.2, -0.15) is 0 Å². The van der Waals surface area contributed by atoms with Gasteiger partial charge in [0.1, 0.15) is 5.57 Å². The molecule has 10 nitrogen and oxygen atoms in total. The maximum Gasteiger partial charge on any atom is 0.475 e. The monoisotopic (exact) mass is 351 g/mol. The average molecular weight is 351 g/mol. The van der Waals surface area contributed by atoms with Crippen molar-refractivity contribution in [1.29, 1.82) is 0 Å². The Morgan fingerprint density at radius 1 is 1.17 bits per heavy atom. The van der Waals surface area contributed by atoms with Gasteiger partial charge in [-0.25, -0.2) is 14.2 Å². The summed E-state index contributed by atoms with van der Waals surface area (Å²) in [6.07, 6.45) is 0. The maximum atomic E-state index is 11.9. The van der Waals surface area contributed by atoms with Crippen molar-refractivity contribution in [2.75, 3.05) is 26.4 Å². The van der Waals surface area contributed by atoms with E-state index < -0.39 is 42.7 Å². The van der Waals surface area contributed by atoms with Gasteiger partial charge in [0.25, 0.3) is 5.91 Å². The number of hydrogen-bond acceptors (Lipinski definition) is 7. The van der Waals surface area contributed by atoms with Crippen molar-refractivity contribution < 1.29 is 42.7 Å². The zero-order valence-electron chi connectivity index (χ0n) is 12.6. The largest absolute Gasteiger partial charge is 0.478 e. The molecular weight excluding hydrogens is 333 g/mol. The standard InChI is InChI=1S/C12H18NO9P/c1-7(2)8(11(15)16)9(12(17)18)10(14)13-3-4-20-23(19)21-5-6-22-23/h7H,3-6H2,1-2H3,(H,13,14)(H,15,16)(H,17,18)/b9-8+. The molecule has 11 heteroatoms. The van der Waals surface area contributed by atoms with Crippen molar-refractivity contribution in [3.05, 3.63) is 11.1 Å². The first-order valence-electron chi connectivity index (χ1n) is 6.70. The molecule has 0 bridgehead atoms. The van der Waals surface area contributed by atoms with E-state index in [1.807, 2.05) is 0 Å². The molecule has 0 saturated carbocycles. The molecule has 0 aliphatic carbocycles. The highest BCUT2D eigenvalue weighted by Gasteiger charge is 2.32. The van der Waals surface area contributed by atoms with Gasteiger partial charge in [0.05, 0.1) is 25.4 Å². The van der Waals surface area contributed by atoms with Crippen LogP contribution < -0.4 is 5.32 Å². The zero-order valence-corrected chi connectivity index (χ0v) is 13.5. The Kier molecular flexibility index (Phi) is 6.89. The number of carbonyl (C=O) groups excluding carboxylic acids is 1. The first-order chi connectivity index (χ1) is 10.7. The quantitative estimate of drug-likeness (QED) is 0.186.